The lowest BCUT2D eigenvalue weighted by Gasteiger charge is -2.11. The van der Waals surface area contributed by atoms with Crippen LogP contribution in [0.2, 0.25) is 0 Å². The molecular weight excluding hydrogens is 483 g/mol. The Kier molecular flexibility index (Phi) is 9.17. The van der Waals surface area contributed by atoms with Crippen LogP contribution < -0.4 is 10.6 Å². The Balaban J connectivity index is 0.00000280. The van der Waals surface area contributed by atoms with Gasteiger partial charge in [-0.15, -0.1) is 35.3 Å². The molecule has 2 heterocycles. The van der Waals surface area contributed by atoms with E-state index in [4.69, 9.17) is 0 Å². The number of aliphatic imine (C=N–C) groups is 1. The summed E-state index contributed by atoms with van der Waals surface area (Å²) in [5.74, 6) is 1.30. The van der Waals surface area contributed by atoms with E-state index in [0.717, 1.165) is 48.2 Å². The second kappa shape index (κ2) is 11.4. The Morgan fingerprint density at radius 3 is 2.82 bits per heavy atom. The van der Waals surface area contributed by atoms with Gasteiger partial charge in [-0.3, -0.25) is 0 Å². The summed E-state index contributed by atoms with van der Waals surface area (Å²) in [6.07, 6.45) is 2.91. The van der Waals surface area contributed by atoms with Crippen LogP contribution in [0.5, 0.6) is 0 Å². The summed E-state index contributed by atoms with van der Waals surface area (Å²) in [5.41, 5.74) is 3.38. The second-order valence-electron chi connectivity index (χ2n) is 6.72. The third-order valence-corrected chi connectivity index (χ3v) is 5.13. The van der Waals surface area contributed by atoms with Gasteiger partial charge in [-0.1, -0.05) is 26.0 Å². The van der Waals surface area contributed by atoms with E-state index in [0.29, 0.717) is 12.5 Å². The molecule has 152 valence electrons. The maximum absolute atomic E-state index is 4.66. The number of fused-ring (bicyclic) bond motifs is 1. The lowest BCUT2D eigenvalue weighted by molar-refractivity contribution is 0.637. The van der Waals surface area contributed by atoms with E-state index in [2.05, 4.69) is 68.4 Å². The number of rotatable bonds is 8. The normalized spacial score (nSPS) is 11.6. The van der Waals surface area contributed by atoms with Crippen LogP contribution in [0.4, 0.5) is 0 Å². The molecule has 0 spiro atoms. The van der Waals surface area contributed by atoms with E-state index in [1.54, 1.807) is 11.3 Å². The molecule has 0 radical (unpaired) electrons. The van der Waals surface area contributed by atoms with Crippen molar-refractivity contribution >= 4 is 52.3 Å². The lowest BCUT2D eigenvalue weighted by atomic mass is 10.2. The third-order valence-electron chi connectivity index (χ3n) is 4.27. The largest absolute Gasteiger partial charge is 0.357 e. The van der Waals surface area contributed by atoms with Gasteiger partial charge in [0.1, 0.15) is 5.01 Å². The van der Waals surface area contributed by atoms with E-state index in [1.165, 1.54) is 5.52 Å². The van der Waals surface area contributed by atoms with Crippen molar-refractivity contribution in [3.63, 3.8) is 0 Å². The van der Waals surface area contributed by atoms with Crippen LogP contribution in [-0.4, -0.2) is 33.6 Å². The van der Waals surface area contributed by atoms with E-state index in [1.807, 2.05) is 18.5 Å². The van der Waals surface area contributed by atoms with Gasteiger partial charge in [0.15, 0.2) is 5.96 Å². The van der Waals surface area contributed by atoms with Gasteiger partial charge in [0.25, 0.3) is 0 Å². The third kappa shape index (κ3) is 6.16. The lowest BCUT2D eigenvalue weighted by Crippen LogP contribution is -2.38. The Morgan fingerprint density at radius 2 is 2.07 bits per heavy atom. The first-order valence-electron chi connectivity index (χ1n) is 9.53. The number of para-hydroxylation sites is 2. The number of nitrogens with zero attached hydrogens (tertiary/aromatic N) is 4. The number of halogens is 1. The van der Waals surface area contributed by atoms with Gasteiger partial charge in [0.05, 0.1) is 29.6 Å². The fraction of sp³-hybridized carbons (Fsp3) is 0.450. The fourth-order valence-electron chi connectivity index (χ4n) is 2.80. The zero-order valence-electron chi connectivity index (χ0n) is 16.7. The molecule has 0 aliphatic carbocycles. The zero-order chi connectivity index (χ0) is 19.1. The number of guanidine groups is 1. The highest BCUT2D eigenvalue weighted by molar-refractivity contribution is 14.0. The van der Waals surface area contributed by atoms with Crippen molar-refractivity contribution in [3.8, 4) is 0 Å². The van der Waals surface area contributed by atoms with Gasteiger partial charge >= 0.3 is 0 Å². The molecule has 0 aliphatic rings. The highest BCUT2D eigenvalue weighted by Gasteiger charge is 2.06. The van der Waals surface area contributed by atoms with Crippen LogP contribution in [0.15, 0.2) is 41.0 Å². The molecule has 3 aromatic rings. The molecule has 6 nitrogen and oxygen atoms in total. The van der Waals surface area contributed by atoms with Crippen molar-refractivity contribution in [1.29, 1.82) is 0 Å². The number of hydrogen-bond acceptors (Lipinski definition) is 4. The summed E-state index contributed by atoms with van der Waals surface area (Å²) in [5, 5.41) is 9.90. The predicted molar refractivity (Wildman–Crippen MR) is 129 cm³/mol. The number of imidazole rings is 1. The van der Waals surface area contributed by atoms with Crippen LogP contribution in [-0.2, 0) is 13.1 Å². The highest BCUT2D eigenvalue weighted by atomic mass is 127. The van der Waals surface area contributed by atoms with Crippen molar-refractivity contribution < 1.29 is 0 Å². The molecule has 0 saturated heterocycles. The number of hydrogen-bond donors (Lipinski definition) is 2. The van der Waals surface area contributed by atoms with Crippen LogP contribution in [0.25, 0.3) is 11.0 Å². The molecule has 1 aromatic carbocycles. The molecular formula is C20H29IN6S. The number of nitrogens with one attached hydrogen (secondary N) is 2. The first-order valence-corrected chi connectivity index (χ1v) is 10.4. The average molecular weight is 512 g/mol. The average Bonchev–Trinajstić information content (AvgIpc) is 3.30. The number of benzene rings is 1. The van der Waals surface area contributed by atoms with Gasteiger partial charge in [0.2, 0.25) is 0 Å². The van der Waals surface area contributed by atoms with E-state index >= 15 is 0 Å². The molecule has 0 saturated carbocycles. The minimum absolute atomic E-state index is 0. The number of thiazole rings is 1. The molecule has 2 aromatic heterocycles. The summed E-state index contributed by atoms with van der Waals surface area (Å²) >= 11 is 1.68. The quantitative estimate of drug-likeness (QED) is 0.204. The maximum Gasteiger partial charge on any atom is 0.191 e. The standard InChI is InChI=1S/C20H28N6S.HI/c1-4-21-20(23-12-19-25-17(13-27-19)15(2)3)22-10-7-11-26-14-24-16-8-5-6-9-18(16)26;/h5-6,8-9,13-15H,4,7,10-12H2,1-3H3,(H2,21,22,23);1H. The highest BCUT2D eigenvalue weighted by Crippen LogP contribution is 2.18. The molecule has 0 fully saturated rings. The summed E-state index contributed by atoms with van der Waals surface area (Å²) in [4.78, 5) is 13.8. The van der Waals surface area contributed by atoms with Crippen molar-refractivity contribution in [1.82, 2.24) is 25.2 Å². The van der Waals surface area contributed by atoms with Gasteiger partial charge in [-0.2, -0.15) is 0 Å². The summed E-state index contributed by atoms with van der Waals surface area (Å²) in [7, 11) is 0. The fourth-order valence-corrected chi connectivity index (χ4v) is 3.67. The second-order valence-corrected chi connectivity index (χ2v) is 7.67. The first-order chi connectivity index (χ1) is 13.2. The smallest absolute Gasteiger partial charge is 0.191 e. The SMILES string of the molecule is CCNC(=NCc1nc(C(C)C)cs1)NCCCn1cnc2ccccc21.I. The molecule has 28 heavy (non-hydrogen) atoms. The molecule has 8 heteroatoms. The number of aromatic nitrogens is 3. The molecule has 0 atom stereocenters. The minimum Gasteiger partial charge on any atom is -0.357 e. The van der Waals surface area contributed by atoms with Crippen molar-refractivity contribution in [2.45, 2.75) is 46.2 Å². The summed E-state index contributed by atoms with van der Waals surface area (Å²) in [6, 6.07) is 8.23. The Bertz CT molecular complexity index is 886. The minimum atomic E-state index is 0. The topological polar surface area (TPSA) is 67.1 Å². The molecule has 3 rings (SSSR count). The monoisotopic (exact) mass is 512 g/mol. The van der Waals surface area contributed by atoms with E-state index in [9.17, 15) is 0 Å². The zero-order valence-corrected chi connectivity index (χ0v) is 19.8. The van der Waals surface area contributed by atoms with Gasteiger partial charge in [0, 0.05) is 25.0 Å². The summed E-state index contributed by atoms with van der Waals surface area (Å²) < 4.78 is 2.20. The van der Waals surface area contributed by atoms with Crippen LogP contribution >= 0.6 is 35.3 Å². The van der Waals surface area contributed by atoms with Crippen molar-refractivity contribution in [2.75, 3.05) is 13.1 Å². The Hall–Kier alpha value is -1.68. The van der Waals surface area contributed by atoms with Crippen LogP contribution in [0.1, 0.15) is 43.8 Å². The van der Waals surface area contributed by atoms with Gasteiger partial charge in [-0.25, -0.2) is 15.0 Å². The van der Waals surface area contributed by atoms with Gasteiger partial charge in [-0.05, 0) is 31.4 Å². The van der Waals surface area contributed by atoms with E-state index in [-0.39, 0.29) is 24.0 Å². The summed E-state index contributed by atoms with van der Waals surface area (Å²) in [6.45, 7) is 9.64. The maximum atomic E-state index is 4.66. The Morgan fingerprint density at radius 1 is 1.25 bits per heavy atom. The first kappa shape index (κ1) is 22.6. The molecule has 2 N–H and O–H groups in total. The molecule has 0 aliphatic heterocycles. The molecule has 0 amide bonds. The van der Waals surface area contributed by atoms with Crippen LogP contribution in [0, 0.1) is 0 Å². The van der Waals surface area contributed by atoms with Crippen molar-refractivity contribution in [2.24, 2.45) is 4.99 Å². The van der Waals surface area contributed by atoms with Crippen LogP contribution in [0.3, 0.4) is 0 Å². The molecule has 0 bridgehead atoms. The van der Waals surface area contributed by atoms with Gasteiger partial charge < -0.3 is 15.2 Å². The van der Waals surface area contributed by atoms with Crippen molar-refractivity contribution in [3.05, 3.63) is 46.7 Å². The predicted octanol–water partition coefficient (Wildman–Crippen LogP) is 4.38. The van der Waals surface area contributed by atoms with E-state index < -0.39 is 0 Å². The molecule has 0 unspecified atom stereocenters. The Labute approximate surface area is 187 Å². The number of aryl methyl sites for hydroxylation is 1.